The summed E-state index contributed by atoms with van der Waals surface area (Å²) in [6.07, 6.45) is 1.75. The van der Waals surface area contributed by atoms with E-state index in [0.29, 0.717) is 26.3 Å². The minimum absolute atomic E-state index is 0.0395. The molecular weight excluding hydrogens is 270 g/mol. The Balaban J connectivity index is 1.83. The molecule has 2 N–H and O–H groups in total. The summed E-state index contributed by atoms with van der Waals surface area (Å²) in [6, 6.07) is 5.84. The molecule has 1 aliphatic heterocycles. The maximum atomic E-state index is 10.8. The number of pyridine rings is 1. The number of carbonyl (C=O) groups excluding carboxylic acids is 1. The van der Waals surface area contributed by atoms with Gasteiger partial charge in [-0.2, -0.15) is 0 Å². The van der Waals surface area contributed by atoms with Gasteiger partial charge in [0, 0.05) is 31.6 Å². The second kappa shape index (κ2) is 5.87. The van der Waals surface area contributed by atoms with E-state index >= 15 is 0 Å². The summed E-state index contributed by atoms with van der Waals surface area (Å²) in [6.45, 7) is 3.80. The quantitative estimate of drug-likeness (QED) is 0.835. The van der Waals surface area contributed by atoms with Crippen LogP contribution in [0.25, 0.3) is 10.8 Å². The fourth-order valence-electron chi connectivity index (χ4n) is 2.27. The molecule has 6 heteroatoms. The number of ether oxygens (including phenoxy) is 2. The van der Waals surface area contributed by atoms with Crippen molar-refractivity contribution in [3.05, 3.63) is 24.4 Å². The van der Waals surface area contributed by atoms with E-state index < -0.39 is 0 Å². The number of nitrogens with zero attached hydrogens (tertiary/aromatic N) is 1. The minimum Gasteiger partial charge on any atom is -0.486 e. The number of nitrogens with one attached hydrogen (secondary N) is 2. The lowest BCUT2D eigenvalue weighted by Gasteiger charge is -2.19. The number of carbonyl (C=O) groups is 1. The molecule has 110 valence electrons. The summed E-state index contributed by atoms with van der Waals surface area (Å²) in [5.41, 5.74) is 0. The molecule has 0 saturated carbocycles. The number of fused-ring (bicyclic) bond motifs is 2. The van der Waals surface area contributed by atoms with Crippen molar-refractivity contribution in [2.24, 2.45) is 0 Å². The van der Waals surface area contributed by atoms with Crippen LogP contribution in [-0.2, 0) is 4.79 Å². The summed E-state index contributed by atoms with van der Waals surface area (Å²) in [7, 11) is 0. The first kappa shape index (κ1) is 13.5. The lowest BCUT2D eigenvalue weighted by atomic mass is 10.1. The molecule has 0 radical (unpaired) electrons. The number of amides is 1. The third-order valence-corrected chi connectivity index (χ3v) is 3.22. The van der Waals surface area contributed by atoms with Gasteiger partial charge in [-0.3, -0.25) is 4.79 Å². The third kappa shape index (κ3) is 2.99. The van der Waals surface area contributed by atoms with Gasteiger partial charge < -0.3 is 20.1 Å². The van der Waals surface area contributed by atoms with Crippen molar-refractivity contribution in [3.8, 4) is 11.5 Å². The monoisotopic (exact) mass is 287 g/mol. The van der Waals surface area contributed by atoms with Gasteiger partial charge in [0.15, 0.2) is 11.5 Å². The van der Waals surface area contributed by atoms with Gasteiger partial charge in [0.25, 0.3) is 0 Å². The Morgan fingerprint density at radius 2 is 2.00 bits per heavy atom. The van der Waals surface area contributed by atoms with Crippen molar-refractivity contribution in [2.45, 2.75) is 6.92 Å². The number of anilines is 1. The topological polar surface area (TPSA) is 72.5 Å². The van der Waals surface area contributed by atoms with Gasteiger partial charge in [0.05, 0.1) is 0 Å². The SMILES string of the molecule is CC(=O)NCCNc1nccc2cc3c(cc12)OCCO3. The second-order valence-electron chi connectivity index (χ2n) is 4.79. The van der Waals surface area contributed by atoms with Gasteiger partial charge >= 0.3 is 0 Å². The molecule has 21 heavy (non-hydrogen) atoms. The van der Waals surface area contributed by atoms with Crippen molar-refractivity contribution >= 4 is 22.5 Å². The molecule has 1 aromatic carbocycles. The molecule has 0 unspecified atom stereocenters. The highest BCUT2D eigenvalue weighted by molar-refractivity contribution is 5.94. The maximum absolute atomic E-state index is 10.8. The summed E-state index contributed by atoms with van der Waals surface area (Å²) in [5.74, 6) is 2.24. The summed E-state index contributed by atoms with van der Waals surface area (Å²) in [5, 5.41) is 7.98. The van der Waals surface area contributed by atoms with E-state index in [4.69, 9.17) is 9.47 Å². The highest BCUT2D eigenvalue weighted by atomic mass is 16.6. The maximum Gasteiger partial charge on any atom is 0.216 e. The largest absolute Gasteiger partial charge is 0.486 e. The summed E-state index contributed by atoms with van der Waals surface area (Å²) in [4.78, 5) is 15.2. The highest BCUT2D eigenvalue weighted by Gasteiger charge is 2.14. The molecule has 1 aliphatic rings. The molecule has 0 fully saturated rings. The number of benzene rings is 1. The fraction of sp³-hybridized carbons (Fsp3) is 0.333. The van der Waals surface area contributed by atoms with Gasteiger partial charge in [0.1, 0.15) is 19.0 Å². The number of hydrogen-bond acceptors (Lipinski definition) is 5. The molecule has 6 nitrogen and oxygen atoms in total. The second-order valence-corrected chi connectivity index (χ2v) is 4.79. The van der Waals surface area contributed by atoms with Gasteiger partial charge in [-0.15, -0.1) is 0 Å². The smallest absolute Gasteiger partial charge is 0.216 e. The van der Waals surface area contributed by atoms with Crippen LogP contribution < -0.4 is 20.1 Å². The Hall–Kier alpha value is -2.50. The summed E-state index contributed by atoms with van der Waals surface area (Å²) < 4.78 is 11.2. The van der Waals surface area contributed by atoms with Crippen LogP contribution in [0.5, 0.6) is 11.5 Å². The Kier molecular flexibility index (Phi) is 3.77. The zero-order valence-corrected chi connectivity index (χ0v) is 11.8. The van der Waals surface area contributed by atoms with Crippen LogP contribution in [0.4, 0.5) is 5.82 Å². The van der Waals surface area contributed by atoms with Crippen molar-refractivity contribution in [1.29, 1.82) is 0 Å². The van der Waals surface area contributed by atoms with Crippen molar-refractivity contribution in [1.82, 2.24) is 10.3 Å². The van der Waals surface area contributed by atoms with E-state index in [0.717, 1.165) is 28.1 Å². The first-order valence-electron chi connectivity index (χ1n) is 6.91. The Bertz CT molecular complexity index is 673. The zero-order chi connectivity index (χ0) is 14.7. The minimum atomic E-state index is -0.0395. The van der Waals surface area contributed by atoms with Crippen LogP contribution >= 0.6 is 0 Å². The predicted octanol–water partition coefficient (Wildman–Crippen LogP) is 1.55. The number of aromatic nitrogens is 1. The van der Waals surface area contributed by atoms with Crippen LogP contribution in [-0.4, -0.2) is 37.2 Å². The van der Waals surface area contributed by atoms with E-state index in [2.05, 4.69) is 15.6 Å². The normalized spacial score (nSPS) is 13.0. The molecule has 1 aromatic heterocycles. The Morgan fingerprint density at radius 1 is 1.24 bits per heavy atom. The molecule has 0 saturated heterocycles. The third-order valence-electron chi connectivity index (χ3n) is 3.22. The average Bonchev–Trinajstić information content (AvgIpc) is 2.49. The predicted molar refractivity (Wildman–Crippen MR) is 79.9 cm³/mol. The standard InChI is InChI=1S/C15H17N3O3/c1-10(19)16-4-5-18-15-12-9-14-13(20-6-7-21-14)8-11(12)2-3-17-15/h2-3,8-9H,4-7H2,1H3,(H,16,19)(H,17,18). The van der Waals surface area contributed by atoms with Crippen molar-refractivity contribution < 1.29 is 14.3 Å². The van der Waals surface area contributed by atoms with Crippen LogP contribution in [0.15, 0.2) is 24.4 Å². The fourth-order valence-corrected chi connectivity index (χ4v) is 2.27. The molecule has 3 rings (SSSR count). The molecule has 1 amide bonds. The van der Waals surface area contributed by atoms with E-state index in [1.807, 2.05) is 18.2 Å². The molecule has 0 bridgehead atoms. The van der Waals surface area contributed by atoms with Crippen molar-refractivity contribution in [3.63, 3.8) is 0 Å². The zero-order valence-electron chi connectivity index (χ0n) is 11.8. The Morgan fingerprint density at radius 3 is 2.76 bits per heavy atom. The van der Waals surface area contributed by atoms with Gasteiger partial charge in [0.2, 0.25) is 5.91 Å². The van der Waals surface area contributed by atoms with Gasteiger partial charge in [-0.05, 0) is 23.6 Å². The van der Waals surface area contributed by atoms with Crippen LogP contribution in [0, 0.1) is 0 Å². The lowest BCUT2D eigenvalue weighted by molar-refractivity contribution is -0.118. The van der Waals surface area contributed by atoms with E-state index in [1.165, 1.54) is 6.92 Å². The van der Waals surface area contributed by atoms with E-state index in [1.54, 1.807) is 6.20 Å². The molecule has 0 spiro atoms. The van der Waals surface area contributed by atoms with E-state index in [-0.39, 0.29) is 5.91 Å². The highest BCUT2D eigenvalue weighted by Crippen LogP contribution is 2.36. The number of rotatable bonds is 4. The van der Waals surface area contributed by atoms with E-state index in [9.17, 15) is 4.79 Å². The van der Waals surface area contributed by atoms with Crippen LogP contribution in [0.2, 0.25) is 0 Å². The first-order valence-corrected chi connectivity index (χ1v) is 6.91. The molecule has 2 heterocycles. The average molecular weight is 287 g/mol. The molecular formula is C15H17N3O3. The first-order chi connectivity index (χ1) is 10.2. The number of hydrogen-bond donors (Lipinski definition) is 2. The van der Waals surface area contributed by atoms with Crippen LogP contribution in [0.1, 0.15) is 6.92 Å². The van der Waals surface area contributed by atoms with Crippen molar-refractivity contribution in [2.75, 3.05) is 31.6 Å². The Labute approximate surface area is 122 Å². The molecule has 0 aliphatic carbocycles. The van der Waals surface area contributed by atoms with Gasteiger partial charge in [-0.1, -0.05) is 0 Å². The molecule has 2 aromatic rings. The molecule has 0 atom stereocenters. The van der Waals surface area contributed by atoms with Gasteiger partial charge in [-0.25, -0.2) is 4.98 Å². The van der Waals surface area contributed by atoms with Crippen LogP contribution in [0.3, 0.4) is 0 Å². The lowest BCUT2D eigenvalue weighted by Crippen LogP contribution is -2.26. The summed E-state index contributed by atoms with van der Waals surface area (Å²) >= 11 is 0.